The van der Waals surface area contributed by atoms with Crippen molar-refractivity contribution in [3.63, 3.8) is 0 Å². The minimum atomic E-state index is -3.10. The number of hydrogen-bond donors (Lipinski definition) is 2. The molecule has 1 aliphatic heterocycles. The zero-order valence-corrected chi connectivity index (χ0v) is 11.7. The molecule has 0 aromatic rings. The normalized spacial score (nSPS) is 19.6. The minimum Gasteiger partial charge on any atom is -0.320 e. The summed E-state index contributed by atoms with van der Waals surface area (Å²) < 4.78 is 26.0. The van der Waals surface area contributed by atoms with E-state index in [1.165, 1.54) is 12.8 Å². The minimum absolute atomic E-state index is 0.209. The number of likely N-dealkylation sites (tertiary alicyclic amines) is 1. The van der Waals surface area contributed by atoms with Crippen molar-refractivity contribution in [1.29, 1.82) is 0 Å². The van der Waals surface area contributed by atoms with Gasteiger partial charge in [-0.05, 0) is 52.9 Å². The Labute approximate surface area is 105 Å². The van der Waals surface area contributed by atoms with Gasteiger partial charge in [0.05, 0.1) is 5.75 Å². The lowest BCUT2D eigenvalue weighted by atomic mass is 10.3. The van der Waals surface area contributed by atoms with Crippen molar-refractivity contribution in [3.05, 3.63) is 0 Å². The Balaban J connectivity index is 2.23. The summed E-state index contributed by atoms with van der Waals surface area (Å²) >= 11 is 0. The van der Waals surface area contributed by atoms with Crippen LogP contribution >= 0.6 is 0 Å². The van der Waals surface area contributed by atoms with E-state index in [2.05, 4.69) is 21.9 Å². The maximum atomic E-state index is 11.7. The molecule has 0 aromatic heterocycles. The predicted octanol–water partition coefficient (Wildman–Crippen LogP) is -0.000400. The van der Waals surface area contributed by atoms with E-state index in [-0.39, 0.29) is 5.75 Å². The van der Waals surface area contributed by atoms with Crippen LogP contribution in [0.4, 0.5) is 0 Å². The first kappa shape index (κ1) is 14.9. The second kappa shape index (κ2) is 7.31. The van der Waals surface area contributed by atoms with E-state index in [0.29, 0.717) is 19.0 Å². The standard InChI is InChI=1S/C11H25N3O2S/c1-11(14-7-3-4-8-14)10-13-17(15,16)9-5-6-12-2/h11-13H,3-10H2,1-2H3. The van der Waals surface area contributed by atoms with Gasteiger partial charge in [-0.25, -0.2) is 13.1 Å². The molecule has 1 fully saturated rings. The van der Waals surface area contributed by atoms with Gasteiger partial charge >= 0.3 is 0 Å². The number of sulfonamides is 1. The molecule has 0 aliphatic carbocycles. The third-order valence-corrected chi connectivity index (χ3v) is 4.64. The SMILES string of the molecule is CNCCCS(=O)(=O)NCC(C)N1CCCC1. The molecule has 17 heavy (non-hydrogen) atoms. The Kier molecular flexibility index (Phi) is 6.40. The maximum absolute atomic E-state index is 11.7. The van der Waals surface area contributed by atoms with Crippen LogP contribution in [0.3, 0.4) is 0 Å². The average Bonchev–Trinajstić information content (AvgIpc) is 2.80. The molecule has 1 heterocycles. The highest BCUT2D eigenvalue weighted by molar-refractivity contribution is 7.89. The summed E-state index contributed by atoms with van der Waals surface area (Å²) in [6, 6.07) is 0.302. The van der Waals surface area contributed by atoms with Crippen LogP contribution in [0, 0.1) is 0 Å². The summed E-state index contributed by atoms with van der Waals surface area (Å²) in [6.07, 6.45) is 3.13. The van der Waals surface area contributed by atoms with Gasteiger partial charge in [0.15, 0.2) is 0 Å². The van der Waals surface area contributed by atoms with E-state index in [4.69, 9.17) is 0 Å². The fraction of sp³-hybridized carbons (Fsp3) is 1.00. The van der Waals surface area contributed by atoms with Crippen LogP contribution in [0.1, 0.15) is 26.2 Å². The molecule has 0 radical (unpaired) electrons. The summed E-state index contributed by atoms with van der Waals surface area (Å²) in [7, 11) is -1.27. The topological polar surface area (TPSA) is 61.4 Å². The molecule has 1 unspecified atom stereocenters. The van der Waals surface area contributed by atoms with E-state index in [0.717, 1.165) is 19.6 Å². The second-order valence-corrected chi connectivity index (χ2v) is 6.64. The van der Waals surface area contributed by atoms with E-state index in [1.807, 2.05) is 7.05 Å². The number of hydrogen-bond acceptors (Lipinski definition) is 4. The molecule has 1 atom stereocenters. The molecule has 102 valence electrons. The quantitative estimate of drug-likeness (QED) is 0.605. The molecule has 1 rings (SSSR count). The van der Waals surface area contributed by atoms with Crippen molar-refractivity contribution in [1.82, 2.24) is 14.9 Å². The first-order valence-corrected chi connectivity index (χ1v) is 8.06. The molecular formula is C11H25N3O2S. The van der Waals surface area contributed by atoms with Gasteiger partial charge in [0.1, 0.15) is 0 Å². The van der Waals surface area contributed by atoms with Crippen LogP contribution in [0.25, 0.3) is 0 Å². The van der Waals surface area contributed by atoms with Crippen LogP contribution in [0.5, 0.6) is 0 Å². The van der Waals surface area contributed by atoms with Gasteiger partial charge in [0, 0.05) is 12.6 Å². The third kappa shape index (κ3) is 5.81. The molecule has 0 saturated carbocycles. The number of nitrogens with zero attached hydrogens (tertiary/aromatic N) is 1. The van der Waals surface area contributed by atoms with Crippen LogP contribution in [0.15, 0.2) is 0 Å². The molecule has 0 amide bonds. The summed E-state index contributed by atoms with van der Waals surface area (Å²) in [5.41, 5.74) is 0. The number of nitrogens with one attached hydrogen (secondary N) is 2. The fourth-order valence-corrected chi connectivity index (χ4v) is 3.23. The molecular weight excluding hydrogens is 238 g/mol. The monoisotopic (exact) mass is 263 g/mol. The highest BCUT2D eigenvalue weighted by Crippen LogP contribution is 2.10. The van der Waals surface area contributed by atoms with Gasteiger partial charge in [-0.15, -0.1) is 0 Å². The largest absolute Gasteiger partial charge is 0.320 e. The van der Waals surface area contributed by atoms with Crippen molar-refractivity contribution in [2.45, 2.75) is 32.2 Å². The van der Waals surface area contributed by atoms with Crippen LogP contribution < -0.4 is 10.0 Å². The Bertz CT molecular complexity index is 300. The van der Waals surface area contributed by atoms with Gasteiger partial charge in [0.2, 0.25) is 10.0 Å². The van der Waals surface area contributed by atoms with Crippen molar-refractivity contribution in [2.75, 3.05) is 39.0 Å². The Morgan fingerprint density at radius 1 is 1.29 bits per heavy atom. The lowest BCUT2D eigenvalue weighted by molar-refractivity contribution is 0.260. The molecule has 2 N–H and O–H groups in total. The maximum Gasteiger partial charge on any atom is 0.211 e. The first-order chi connectivity index (χ1) is 8.05. The van der Waals surface area contributed by atoms with E-state index >= 15 is 0 Å². The lowest BCUT2D eigenvalue weighted by Gasteiger charge is -2.23. The fourth-order valence-electron chi connectivity index (χ4n) is 2.07. The first-order valence-electron chi connectivity index (χ1n) is 6.41. The van der Waals surface area contributed by atoms with E-state index in [9.17, 15) is 8.42 Å². The highest BCUT2D eigenvalue weighted by atomic mass is 32.2. The molecule has 5 nitrogen and oxygen atoms in total. The Morgan fingerprint density at radius 3 is 2.53 bits per heavy atom. The summed E-state index contributed by atoms with van der Waals surface area (Å²) in [5, 5.41) is 2.95. The van der Waals surface area contributed by atoms with Crippen molar-refractivity contribution in [2.24, 2.45) is 0 Å². The molecule has 1 saturated heterocycles. The summed E-state index contributed by atoms with van der Waals surface area (Å²) in [6.45, 7) is 5.55. The van der Waals surface area contributed by atoms with Gasteiger partial charge in [-0.1, -0.05) is 0 Å². The highest BCUT2D eigenvalue weighted by Gasteiger charge is 2.19. The van der Waals surface area contributed by atoms with Crippen molar-refractivity contribution < 1.29 is 8.42 Å². The van der Waals surface area contributed by atoms with Gasteiger partial charge in [0.25, 0.3) is 0 Å². The van der Waals surface area contributed by atoms with Crippen molar-refractivity contribution in [3.8, 4) is 0 Å². The smallest absolute Gasteiger partial charge is 0.211 e. The molecule has 0 aromatic carbocycles. The second-order valence-electron chi connectivity index (χ2n) is 4.72. The Hall–Kier alpha value is -0.170. The molecule has 0 bridgehead atoms. The lowest BCUT2D eigenvalue weighted by Crippen LogP contribution is -2.41. The molecule has 0 spiro atoms. The van der Waals surface area contributed by atoms with E-state index in [1.54, 1.807) is 0 Å². The average molecular weight is 263 g/mol. The number of rotatable bonds is 8. The summed E-state index contributed by atoms with van der Waals surface area (Å²) in [4.78, 5) is 2.34. The predicted molar refractivity (Wildman–Crippen MR) is 70.6 cm³/mol. The van der Waals surface area contributed by atoms with E-state index < -0.39 is 10.0 Å². The zero-order chi connectivity index (χ0) is 12.7. The van der Waals surface area contributed by atoms with Crippen molar-refractivity contribution >= 4 is 10.0 Å². The van der Waals surface area contributed by atoms with Crippen LogP contribution in [-0.2, 0) is 10.0 Å². The van der Waals surface area contributed by atoms with Gasteiger partial charge in [-0.2, -0.15) is 0 Å². The van der Waals surface area contributed by atoms with Crippen LogP contribution in [-0.4, -0.2) is 58.3 Å². The van der Waals surface area contributed by atoms with Crippen LogP contribution in [0.2, 0.25) is 0 Å². The summed E-state index contributed by atoms with van der Waals surface area (Å²) in [5.74, 6) is 0.209. The third-order valence-electron chi connectivity index (χ3n) is 3.20. The zero-order valence-electron chi connectivity index (χ0n) is 10.9. The van der Waals surface area contributed by atoms with Gasteiger partial charge in [-0.3, -0.25) is 4.90 Å². The van der Waals surface area contributed by atoms with Gasteiger partial charge < -0.3 is 5.32 Å². The molecule has 6 heteroatoms. The Morgan fingerprint density at radius 2 is 1.94 bits per heavy atom. The molecule has 1 aliphatic rings.